The average Bonchev–Trinajstić information content (AvgIpc) is 2.19. The molecule has 1 aliphatic rings. The molecule has 1 aromatic carbocycles. The van der Waals surface area contributed by atoms with Gasteiger partial charge in [-0.25, -0.2) is 4.79 Å². The van der Waals surface area contributed by atoms with Crippen molar-refractivity contribution in [3.8, 4) is 0 Å². The lowest BCUT2D eigenvalue weighted by Gasteiger charge is -2.33. The number of likely N-dealkylation sites (N-methyl/N-ethyl adjacent to an activating group) is 1. The summed E-state index contributed by atoms with van der Waals surface area (Å²) < 4.78 is 0. The van der Waals surface area contributed by atoms with Gasteiger partial charge in [0.25, 0.3) is 0 Å². The molecule has 0 radical (unpaired) electrons. The van der Waals surface area contributed by atoms with Gasteiger partial charge < -0.3 is 10.0 Å². The molecule has 80 valence electrons. The molecule has 1 N–H and O–H groups in total. The number of rotatable bonds is 1. The van der Waals surface area contributed by atoms with Crippen LogP contribution in [0.15, 0.2) is 18.2 Å². The second-order valence-electron chi connectivity index (χ2n) is 3.78. The predicted molar refractivity (Wildman–Crippen MR) is 59.6 cm³/mol. The third kappa shape index (κ3) is 1.79. The van der Waals surface area contributed by atoms with Gasteiger partial charge >= 0.3 is 5.97 Å². The number of halogens is 1. The molecule has 15 heavy (non-hydrogen) atoms. The van der Waals surface area contributed by atoms with Crippen molar-refractivity contribution in [3.05, 3.63) is 28.8 Å². The van der Waals surface area contributed by atoms with Gasteiger partial charge in [-0.3, -0.25) is 0 Å². The zero-order valence-electron chi connectivity index (χ0n) is 8.40. The van der Waals surface area contributed by atoms with Gasteiger partial charge in [0.2, 0.25) is 0 Å². The second-order valence-corrected chi connectivity index (χ2v) is 4.21. The molecule has 1 aliphatic heterocycles. The Balaban J connectivity index is 2.40. The number of carboxylic acids is 1. The lowest BCUT2D eigenvalue weighted by atomic mass is 9.96. The van der Waals surface area contributed by atoms with Crippen LogP contribution in [0.5, 0.6) is 0 Å². The Morgan fingerprint density at radius 2 is 2.33 bits per heavy atom. The summed E-state index contributed by atoms with van der Waals surface area (Å²) >= 11 is 5.90. The Bertz CT molecular complexity index is 406. The molecule has 0 aliphatic carbocycles. The number of benzene rings is 1. The second kappa shape index (κ2) is 3.74. The summed E-state index contributed by atoms with van der Waals surface area (Å²) in [5.41, 5.74) is 2.10. The highest BCUT2D eigenvalue weighted by atomic mass is 35.5. The number of carboxylic acid groups (broad SMARTS) is 1. The molecule has 0 bridgehead atoms. The highest BCUT2D eigenvalue weighted by molar-refractivity contribution is 6.30. The maximum atomic E-state index is 11.0. The van der Waals surface area contributed by atoms with Gasteiger partial charge in [0.1, 0.15) is 6.04 Å². The van der Waals surface area contributed by atoms with Crippen LogP contribution in [-0.4, -0.2) is 24.2 Å². The Morgan fingerprint density at radius 1 is 1.60 bits per heavy atom. The number of fused-ring (bicyclic) bond motifs is 1. The van der Waals surface area contributed by atoms with Gasteiger partial charge in [0.05, 0.1) is 0 Å². The van der Waals surface area contributed by atoms with Crippen molar-refractivity contribution in [2.75, 3.05) is 11.9 Å². The maximum Gasteiger partial charge on any atom is 0.326 e. The SMILES string of the molecule is CN1c2cc(Cl)ccc2CCC1C(=O)O. The van der Waals surface area contributed by atoms with Crippen molar-refractivity contribution < 1.29 is 9.90 Å². The lowest BCUT2D eigenvalue weighted by Crippen LogP contribution is -2.41. The van der Waals surface area contributed by atoms with Crippen molar-refractivity contribution in [1.82, 2.24) is 0 Å². The fourth-order valence-electron chi connectivity index (χ4n) is 2.02. The fraction of sp³-hybridized carbons (Fsp3) is 0.364. The molecule has 1 unspecified atom stereocenters. The van der Waals surface area contributed by atoms with Crippen LogP contribution < -0.4 is 4.90 Å². The van der Waals surface area contributed by atoms with E-state index in [1.54, 1.807) is 11.9 Å². The van der Waals surface area contributed by atoms with Crippen LogP contribution >= 0.6 is 11.6 Å². The number of hydrogen-bond acceptors (Lipinski definition) is 2. The number of aliphatic carboxylic acids is 1. The highest BCUT2D eigenvalue weighted by Crippen LogP contribution is 2.31. The standard InChI is InChI=1S/C11H12ClNO2/c1-13-9(11(14)15)5-3-7-2-4-8(12)6-10(7)13/h2,4,6,9H,3,5H2,1H3,(H,14,15). The van der Waals surface area contributed by atoms with E-state index in [0.29, 0.717) is 11.4 Å². The number of carbonyl (C=O) groups is 1. The Hall–Kier alpha value is -1.22. The largest absolute Gasteiger partial charge is 0.480 e. The van der Waals surface area contributed by atoms with Gasteiger partial charge in [-0.1, -0.05) is 17.7 Å². The normalized spacial score (nSPS) is 19.9. The summed E-state index contributed by atoms with van der Waals surface area (Å²) in [4.78, 5) is 12.8. The summed E-state index contributed by atoms with van der Waals surface area (Å²) in [6, 6.07) is 5.20. The monoisotopic (exact) mass is 225 g/mol. The number of hydrogen-bond donors (Lipinski definition) is 1. The van der Waals surface area contributed by atoms with E-state index in [2.05, 4.69) is 0 Å². The van der Waals surface area contributed by atoms with Crippen LogP contribution in [0, 0.1) is 0 Å². The molecular weight excluding hydrogens is 214 g/mol. The van der Waals surface area contributed by atoms with E-state index in [0.717, 1.165) is 12.1 Å². The Kier molecular flexibility index (Phi) is 2.57. The highest BCUT2D eigenvalue weighted by Gasteiger charge is 2.28. The van der Waals surface area contributed by atoms with E-state index in [4.69, 9.17) is 16.7 Å². The Morgan fingerprint density at radius 3 is 3.00 bits per heavy atom. The van der Waals surface area contributed by atoms with Gasteiger partial charge in [0, 0.05) is 17.8 Å². The van der Waals surface area contributed by atoms with E-state index in [9.17, 15) is 4.79 Å². The molecule has 0 spiro atoms. The van der Waals surface area contributed by atoms with Gasteiger partial charge in [0.15, 0.2) is 0 Å². The summed E-state index contributed by atoms with van der Waals surface area (Å²) in [6.45, 7) is 0. The molecule has 1 heterocycles. The van der Waals surface area contributed by atoms with Crippen LogP contribution in [-0.2, 0) is 11.2 Å². The molecule has 0 saturated carbocycles. The predicted octanol–water partition coefficient (Wildman–Crippen LogP) is 2.18. The van der Waals surface area contributed by atoms with E-state index >= 15 is 0 Å². The summed E-state index contributed by atoms with van der Waals surface area (Å²) in [5, 5.41) is 9.67. The fourth-order valence-corrected chi connectivity index (χ4v) is 2.19. The molecule has 0 saturated heterocycles. The minimum absolute atomic E-state index is 0.434. The molecule has 3 nitrogen and oxygen atoms in total. The van der Waals surface area contributed by atoms with Gasteiger partial charge in [-0.15, -0.1) is 0 Å². The topological polar surface area (TPSA) is 40.5 Å². The van der Waals surface area contributed by atoms with Gasteiger partial charge in [-0.05, 0) is 30.5 Å². The maximum absolute atomic E-state index is 11.0. The number of nitrogens with zero attached hydrogens (tertiary/aromatic N) is 1. The quantitative estimate of drug-likeness (QED) is 0.797. The average molecular weight is 226 g/mol. The summed E-state index contributed by atoms with van der Waals surface area (Å²) in [6.07, 6.45) is 1.45. The molecule has 1 aromatic rings. The first-order valence-electron chi connectivity index (χ1n) is 4.83. The third-order valence-electron chi connectivity index (χ3n) is 2.87. The summed E-state index contributed by atoms with van der Waals surface area (Å²) in [7, 11) is 1.80. The smallest absolute Gasteiger partial charge is 0.326 e. The van der Waals surface area contributed by atoms with Crippen LogP contribution in [0.1, 0.15) is 12.0 Å². The minimum Gasteiger partial charge on any atom is -0.480 e. The van der Waals surface area contributed by atoms with Crippen molar-refractivity contribution >= 4 is 23.3 Å². The molecule has 0 aromatic heterocycles. The third-order valence-corrected chi connectivity index (χ3v) is 3.10. The van der Waals surface area contributed by atoms with E-state index in [1.165, 1.54) is 5.56 Å². The van der Waals surface area contributed by atoms with E-state index in [-0.39, 0.29) is 0 Å². The van der Waals surface area contributed by atoms with Crippen LogP contribution in [0.3, 0.4) is 0 Å². The molecule has 1 atom stereocenters. The van der Waals surface area contributed by atoms with Crippen LogP contribution in [0.4, 0.5) is 5.69 Å². The minimum atomic E-state index is -0.775. The first-order valence-corrected chi connectivity index (χ1v) is 5.21. The van der Waals surface area contributed by atoms with Crippen LogP contribution in [0.2, 0.25) is 5.02 Å². The first-order chi connectivity index (χ1) is 7.09. The zero-order chi connectivity index (χ0) is 11.0. The van der Waals surface area contributed by atoms with E-state index in [1.807, 2.05) is 18.2 Å². The molecule has 0 fully saturated rings. The first kappa shape index (κ1) is 10.3. The van der Waals surface area contributed by atoms with Gasteiger partial charge in [-0.2, -0.15) is 0 Å². The zero-order valence-corrected chi connectivity index (χ0v) is 9.16. The molecule has 0 amide bonds. The molecule has 4 heteroatoms. The Labute approximate surface area is 93.3 Å². The molecule has 2 rings (SSSR count). The van der Waals surface area contributed by atoms with Crippen molar-refractivity contribution in [2.24, 2.45) is 0 Å². The van der Waals surface area contributed by atoms with E-state index < -0.39 is 12.0 Å². The van der Waals surface area contributed by atoms with Crippen molar-refractivity contribution in [2.45, 2.75) is 18.9 Å². The number of aryl methyl sites for hydroxylation is 1. The van der Waals surface area contributed by atoms with Crippen molar-refractivity contribution in [1.29, 1.82) is 0 Å². The lowest BCUT2D eigenvalue weighted by molar-refractivity contribution is -0.138. The molecular formula is C11H12ClNO2. The summed E-state index contributed by atoms with van der Waals surface area (Å²) in [5.74, 6) is -0.775. The number of anilines is 1. The van der Waals surface area contributed by atoms with Crippen LogP contribution in [0.25, 0.3) is 0 Å². The van der Waals surface area contributed by atoms with Crippen molar-refractivity contribution in [3.63, 3.8) is 0 Å².